The van der Waals surface area contributed by atoms with E-state index in [0.29, 0.717) is 10.6 Å². The number of carbonyl (C=O) groups excluding carboxylic acids is 2. The van der Waals surface area contributed by atoms with Crippen molar-refractivity contribution in [3.63, 3.8) is 0 Å². The van der Waals surface area contributed by atoms with Crippen LogP contribution in [0.2, 0.25) is 0 Å². The average molecular weight is 437 g/mol. The van der Waals surface area contributed by atoms with Gasteiger partial charge in [0.2, 0.25) is 0 Å². The highest BCUT2D eigenvalue weighted by Crippen LogP contribution is 2.38. The summed E-state index contributed by atoms with van der Waals surface area (Å²) in [6, 6.07) is 11.7. The molecule has 1 aliphatic rings. The van der Waals surface area contributed by atoms with Gasteiger partial charge in [-0.15, -0.1) is 11.3 Å². The molecule has 0 atom stereocenters. The Morgan fingerprint density at radius 3 is 2.48 bits per heavy atom. The van der Waals surface area contributed by atoms with Crippen LogP contribution in [0.5, 0.6) is 0 Å². The number of carbonyl (C=O) groups is 2. The Morgan fingerprint density at radius 2 is 1.71 bits per heavy atom. The maximum absolute atomic E-state index is 14.1. The zero-order chi connectivity index (χ0) is 22.0. The normalized spacial score (nSPS) is 13.3. The van der Waals surface area contributed by atoms with Crippen molar-refractivity contribution in [3.05, 3.63) is 81.0 Å². The zero-order valence-electron chi connectivity index (χ0n) is 17.7. The third-order valence-corrected chi connectivity index (χ3v) is 6.83. The Kier molecular flexibility index (Phi) is 6.18. The fraction of sp³-hybridized carbons (Fsp3) is 0.280. The third kappa shape index (κ3) is 4.54. The predicted octanol–water partition coefficient (Wildman–Crippen LogP) is 6.28. The number of hydrogen-bond donors (Lipinski definition) is 2. The van der Waals surface area contributed by atoms with Crippen LogP contribution in [0.15, 0.2) is 42.5 Å². The summed E-state index contributed by atoms with van der Waals surface area (Å²) in [5.41, 5.74) is 4.33. The van der Waals surface area contributed by atoms with Gasteiger partial charge >= 0.3 is 0 Å². The van der Waals surface area contributed by atoms with E-state index in [0.717, 1.165) is 59.4 Å². The largest absolute Gasteiger partial charge is 0.322 e. The first-order valence-electron chi connectivity index (χ1n) is 10.5. The molecule has 0 aliphatic heterocycles. The molecule has 0 radical (unpaired) electrons. The molecule has 2 N–H and O–H groups in total. The van der Waals surface area contributed by atoms with Crippen molar-refractivity contribution >= 4 is 33.8 Å². The molecule has 160 valence electrons. The van der Waals surface area contributed by atoms with E-state index in [1.54, 1.807) is 12.1 Å². The summed E-state index contributed by atoms with van der Waals surface area (Å²) in [5, 5.41) is 6.32. The number of thiophene rings is 1. The van der Waals surface area contributed by atoms with E-state index in [1.807, 2.05) is 32.0 Å². The Hall–Kier alpha value is -2.99. The SMILES string of the molecule is Cc1ccc(NC(=O)c2c(NC(=O)c3ccccc3F)sc3c2CCCCC3)c(C)c1. The lowest BCUT2D eigenvalue weighted by atomic mass is 10.0. The molecule has 0 saturated carbocycles. The van der Waals surface area contributed by atoms with Gasteiger partial charge in [-0.05, 0) is 68.9 Å². The Morgan fingerprint density at radius 1 is 0.935 bits per heavy atom. The van der Waals surface area contributed by atoms with Gasteiger partial charge in [0.05, 0.1) is 11.1 Å². The first kappa shape index (κ1) is 21.2. The van der Waals surface area contributed by atoms with Crippen molar-refractivity contribution in [2.24, 2.45) is 0 Å². The van der Waals surface area contributed by atoms with E-state index < -0.39 is 11.7 Å². The minimum atomic E-state index is -0.584. The first-order chi connectivity index (χ1) is 14.9. The van der Waals surface area contributed by atoms with Gasteiger partial charge in [-0.3, -0.25) is 9.59 Å². The number of rotatable bonds is 4. The van der Waals surface area contributed by atoms with Crippen molar-refractivity contribution in [1.82, 2.24) is 0 Å². The van der Waals surface area contributed by atoms with E-state index in [-0.39, 0.29) is 11.5 Å². The quantitative estimate of drug-likeness (QED) is 0.473. The fourth-order valence-electron chi connectivity index (χ4n) is 4.03. The molecular formula is C25H25FN2O2S. The smallest absolute Gasteiger partial charge is 0.259 e. The lowest BCUT2D eigenvalue weighted by Gasteiger charge is -2.12. The second-order valence-electron chi connectivity index (χ2n) is 7.98. The van der Waals surface area contributed by atoms with Crippen LogP contribution in [-0.2, 0) is 12.8 Å². The molecule has 0 fully saturated rings. The number of amides is 2. The van der Waals surface area contributed by atoms with Crippen LogP contribution in [-0.4, -0.2) is 11.8 Å². The molecule has 0 spiro atoms. The molecule has 0 saturated heterocycles. The Labute approximate surface area is 185 Å². The van der Waals surface area contributed by atoms with Crippen LogP contribution in [0.25, 0.3) is 0 Å². The van der Waals surface area contributed by atoms with Gasteiger partial charge < -0.3 is 10.6 Å². The van der Waals surface area contributed by atoms with Crippen LogP contribution in [0.1, 0.15) is 61.5 Å². The molecule has 1 aliphatic carbocycles. The standard InChI is InChI=1S/C25H25FN2O2S/c1-15-12-13-20(16(2)14-15)27-24(30)22-18-9-4-3-5-11-21(18)31-25(22)28-23(29)17-8-6-7-10-19(17)26/h6-8,10,12-14H,3-5,9,11H2,1-2H3,(H,27,30)(H,28,29). The number of benzene rings is 2. The number of nitrogens with one attached hydrogen (secondary N) is 2. The summed E-state index contributed by atoms with van der Waals surface area (Å²) < 4.78 is 14.1. The van der Waals surface area contributed by atoms with Crippen molar-refractivity contribution in [2.75, 3.05) is 10.6 Å². The van der Waals surface area contributed by atoms with Crippen LogP contribution in [0.4, 0.5) is 15.1 Å². The molecule has 1 aromatic heterocycles. The van der Waals surface area contributed by atoms with Gasteiger partial charge in [-0.1, -0.05) is 36.2 Å². The molecule has 31 heavy (non-hydrogen) atoms. The molecule has 4 rings (SSSR count). The maximum Gasteiger partial charge on any atom is 0.259 e. The molecule has 2 amide bonds. The van der Waals surface area contributed by atoms with Crippen LogP contribution in [0.3, 0.4) is 0 Å². The number of aryl methyl sites for hydroxylation is 3. The van der Waals surface area contributed by atoms with Crippen molar-refractivity contribution < 1.29 is 14.0 Å². The van der Waals surface area contributed by atoms with E-state index in [1.165, 1.54) is 23.5 Å². The minimum Gasteiger partial charge on any atom is -0.322 e. The van der Waals surface area contributed by atoms with Crippen LogP contribution >= 0.6 is 11.3 Å². The van der Waals surface area contributed by atoms with E-state index in [9.17, 15) is 14.0 Å². The molecule has 1 heterocycles. The van der Waals surface area contributed by atoms with Crippen LogP contribution in [0, 0.1) is 19.7 Å². The zero-order valence-corrected chi connectivity index (χ0v) is 18.5. The topological polar surface area (TPSA) is 58.2 Å². The summed E-state index contributed by atoms with van der Waals surface area (Å²) in [5.74, 6) is -1.37. The van der Waals surface area contributed by atoms with Crippen molar-refractivity contribution in [3.8, 4) is 0 Å². The summed E-state index contributed by atoms with van der Waals surface area (Å²) >= 11 is 1.43. The summed E-state index contributed by atoms with van der Waals surface area (Å²) in [6.45, 7) is 3.96. The molecule has 4 nitrogen and oxygen atoms in total. The lowest BCUT2D eigenvalue weighted by Crippen LogP contribution is -2.19. The highest BCUT2D eigenvalue weighted by molar-refractivity contribution is 7.17. The number of anilines is 2. The van der Waals surface area contributed by atoms with Gasteiger partial charge in [0.1, 0.15) is 10.8 Å². The number of fused-ring (bicyclic) bond motifs is 1. The van der Waals surface area contributed by atoms with E-state index >= 15 is 0 Å². The first-order valence-corrected chi connectivity index (χ1v) is 11.3. The molecule has 6 heteroatoms. The molecule has 3 aromatic rings. The van der Waals surface area contributed by atoms with Gasteiger partial charge in [0.15, 0.2) is 0 Å². The fourth-order valence-corrected chi connectivity index (χ4v) is 5.31. The van der Waals surface area contributed by atoms with E-state index in [2.05, 4.69) is 10.6 Å². The Balaban J connectivity index is 1.69. The second-order valence-corrected chi connectivity index (χ2v) is 9.08. The van der Waals surface area contributed by atoms with Crippen LogP contribution < -0.4 is 10.6 Å². The Bertz CT molecular complexity index is 1150. The number of hydrogen-bond acceptors (Lipinski definition) is 3. The monoisotopic (exact) mass is 436 g/mol. The maximum atomic E-state index is 14.1. The van der Waals surface area contributed by atoms with Crippen molar-refractivity contribution in [1.29, 1.82) is 0 Å². The van der Waals surface area contributed by atoms with Gasteiger partial charge in [-0.2, -0.15) is 0 Å². The van der Waals surface area contributed by atoms with Gasteiger partial charge in [0.25, 0.3) is 11.8 Å². The summed E-state index contributed by atoms with van der Waals surface area (Å²) in [7, 11) is 0. The summed E-state index contributed by atoms with van der Waals surface area (Å²) in [6.07, 6.45) is 4.88. The highest BCUT2D eigenvalue weighted by Gasteiger charge is 2.26. The second kappa shape index (κ2) is 9.02. The molecule has 0 unspecified atom stereocenters. The molecule has 2 aromatic carbocycles. The lowest BCUT2D eigenvalue weighted by molar-refractivity contribution is 0.102. The van der Waals surface area contributed by atoms with E-state index in [4.69, 9.17) is 0 Å². The highest BCUT2D eigenvalue weighted by atomic mass is 32.1. The number of halogens is 1. The van der Waals surface area contributed by atoms with Gasteiger partial charge in [0, 0.05) is 10.6 Å². The third-order valence-electron chi connectivity index (χ3n) is 5.62. The summed E-state index contributed by atoms with van der Waals surface area (Å²) in [4.78, 5) is 27.3. The molecule has 0 bridgehead atoms. The average Bonchev–Trinajstić information content (AvgIpc) is 2.90. The predicted molar refractivity (Wildman–Crippen MR) is 124 cm³/mol. The van der Waals surface area contributed by atoms with Gasteiger partial charge in [-0.25, -0.2) is 4.39 Å². The van der Waals surface area contributed by atoms with Crippen molar-refractivity contribution in [2.45, 2.75) is 46.0 Å². The minimum absolute atomic E-state index is 0.0353. The molecular weight excluding hydrogens is 411 g/mol.